The molecule has 1 unspecified atom stereocenters. The van der Waals surface area contributed by atoms with Crippen molar-refractivity contribution < 1.29 is 0 Å². The molecule has 0 bridgehead atoms. The molecular formula is C19H32N2. The Bertz CT molecular complexity index is 391. The molecule has 2 rings (SSSR count). The highest BCUT2D eigenvalue weighted by Crippen LogP contribution is 2.21. The Morgan fingerprint density at radius 3 is 2.38 bits per heavy atom. The van der Waals surface area contributed by atoms with Gasteiger partial charge in [0.25, 0.3) is 0 Å². The summed E-state index contributed by atoms with van der Waals surface area (Å²) in [6, 6.07) is 10.2. The van der Waals surface area contributed by atoms with Crippen LogP contribution >= 0.6 is 0 Å². The molecule has 1 heterocycles. The molecule has 0 spiro atoms. The highest BCUT2D eigenvalue weighted by molar-refractivity contribution is 5.24. The van der Waals surface area contributed by atoms with Gasteiger partial charge in [-0.25, -0.2) is 0 Å². The van der Waals surface area contributed by atoms with Crippen LogP contribution in [-0.2, 0) is 0 Å². The fraction of sp³-hybridized carbons (Fsp3) is 0.684. The zero-order valence-corrected chi connectivity index (χ0v) is 14.1. The monoisotopic (exact) mass is 288 g/mol. The summed E-state index contributed by atoms with van der Waals surface area (Å²) >= 11 is 0. The predicted molar refractivity (Wildman–Crippen MR) is 91.7 cm³/mol. The van der Waals surface area contributed by atoms with Crippen molar-refractivity contribution >= 4 is 0 Å². The van der Waals surface area contributed by atoms with Crippen LogP contribution in [0, 0.1) is 6.92 Å². The Kier molecular flexibility index (Phi) is 6.72. The van der Waals surface area contributed by atoms with E-state index in [4.69, 9.17) is 0 Å². The fourth-order valence-corrected chi connectivity index (χ4v) is 3.24. The molecule has 1 aliphatic heterocycles. The fourth-order valence-electron chi connectivity index (χ4n) is 3.24. The van der Waals surface area contributed by atoms with E-state index in [9.17, 15) is 0 Å². The molecular weight excluding hydrogens is 256 g/mol. The molecule has 0 amide bonds. The van der Waals surface area contributed by atoms with Crippen molar-refractivity contribution in [1.82, 2.24) is 10.2 Å². The smallest absolute Gasteiger partial charge is 0.0320 e. The molecule has 118 valence electrons. The molecule has 2 nitrogen and oxygen atoms in total. The Morgan fingerprint density at radius 2 is 1.81 bits per heavy atom. The van der Waals surface area contributed by atoms with E-state index < -0.39 is 0 Å². The van der Waals surface area contributed by atoms with Crippen molar-refractivity contribution in [2.75, 3.05) is 19.6 Å². The van der Waals surface area contributed by atoms with Crippen molar-refractivity contribution in [1.29, 1.82) is 0 Å². The van der Waals surface area contributed by atoms with Crippen molar-refractivity contribution in [2.45, 2.75) is 65.0 Å². The molecule has 1 fully saturated rings. The topological polar surface area (TPSA) is 15.3 Å². The van der Waals surface area contributed by atoms with E-state index in [1.54, 1.807) is 0 Å². The van der Waals surface area contributed by atoms with Gasteiger partial charge in [-0.15, -0.1) is 0 Å². The number of benzene rings is 1. The van der Waals surface area contributed by atoms with Crippen LogP contribution in [0.25, 0.3) is 0 Å². The summed E-state index contributed by atoms with van der Waals surface area (Å²) in [6.07, 6.45) is 6.42. The molecule has 1 aromatic rings. The Labute approximate surface area is 130 Å². The highest BCUT2D eigenvalue weighted by Gasteiger charge is 2.21. The van der Waals surface area contributed by atoms with Crippen molar-refractivity contribution in [2.24, 2.45) is 0 Å². The van der Waals surface area contributed by atoms with Gasteiger partial charge in [0, 0.05) is 12.1 Å². The Hall–Kier alpha value is -0.860. The molecule has 1 aromatic carbocycles. The minimum absolute atomic E-state index is 0.512. The van der Waals surface area contributed by atoms with E-state index in [0.29, 0.717) is 12.1 Å². The van der Waals surface area contributed by atoms with Gasteiger partial charge in [-0.2, -0.15) is 0 Å². The van der Waals surface area contributed by atoms with E-state index in [1.807, 2.05) is 0 Å². The van der Waals surface area contributed by atoms with Crippen molar-refractivity contribution in [3.63, 3.8) is 0 Å². The van der Waals surface area contributed by atoms with E-state index in [1.165, 1.54) is 62.9 Å². The molecule has 2 heteroatoms. The summed E-state index contributed by atoms with van der Waals surface area (Å²) in [5.41, 5.74) is 2.79. The van der Waals surface area contributed by atoms with Gasteiger partial charge in [-0.3, -0.25) is 0 Å². The zero-order valence-electron chi connectivity index (χ0n) is 14.1. The van der Waals surface area contributed by atoms with Crippen LogP contribution in [0.1, 0.15) is 63.1 Å². The van der Waals surface area contributed by atoms with Gasteiger partial charge >= 0.3 is 0 Å². The van der Waals surface area contributed by atoms with Crippen LogP contribution < -0.4 is 5.32 Å². The number of likely N-dealkylation sites (tertiary alicyclic amines) is 1. The molecule has 1 atom stereocenters. The number of nitrogens with one attached hydrogen (secondary N) is 1. The average Bonchev–Trinajstić information content (AvgIpc) is 2.53. The molecule has 0 saturated carbocycles. The minimum atomic E-state index is 0.512. The predicted octanol–water partition coefficient (Wildman–Crippen LogP) is 4.30. The van der Waals surface area contributed by atoms with E-state index in [2.05, 4.69) is 55.3 Å². The summed E-state index contributed by atoms with van der Waals surface area (Å²) in [5, 5.41) is 3.89. The summed E-state index contributed by atoms with van der Waals surface area (Å²) in [5.74, 6) is 0. The second-order valence-electron chi connectivity index (χ2n) is 6.51. The third-order valence-corrected chi connectivity index (χ3v) is 4.74. The molecule has 21 heavy (non-hydrogen) atoms. The molecule has 0 aliphatic carbocycles. The molecule has 0 aromatic heterocycles. The third-order valence-electron chi connectivity index (χ3n) is 4.74. The third kappa shape index (κ3) is 5.12. The lowest BCUT2D eigenvalue weighted by Crippen LogP contribution is -2.43. The van der Waals surface area contributed by atoms with Crippen LogP contribution in [0.5, 0.6) is 0 Å². The van der Waals surface area contributed by atoms with Gasteiger partial charge in [-0.1, -0.05) is 50.1 Å². The van der Waals surface area contributed by atoms with E-state index >= 15 is 0 Å². The lowest BCUT2D eigenvalue weighted by molar-refractivity contribution is 0.188. The average molecular weight is 288 g/mol. The van der Waals surface area contributed by atoms with Gasteiger partial charge in [0.1, 0.15) is 0 Å². The first-order chi connectivity index (χ1) is 10.2. The zero-order chi connectivity index (χ0) is 15.1. The van der Waals surface area contributed by atoms with E-state index in [-0.39, 0.29) is 0 Å². The summed E-state index contributed by atoms with van der Waals surface area (Å²) in [6.45, 7) is 10.5. The number of piperidine rings is 1. The Balaban J connectivity index is 1.82. The minimum Gasteiger partial charge on any atom is -0.307 e. The van der Waals surface area contributed by atoms with Crippen LogP contribution in [0.2, 0.25) is 0 Å². The van der Waals surface area contributed by atoms with Crippen LogP contribution in [0.4, 0.5) is 0 Å². The molecule has 1 saturated heterocycles. The van der Waals surface area contributed by atoms with Crippen LogP contribution in [-0.4, -0.2) is 30.6 Å². The first-order valence-corrected chi connectivity index (χ1v) is 8.78. The van der Waals surface area contributed by atoms with Gasteiger partial charge in [0.2, 0.25) is 0 Å². The number of hydrogen-bond acceptors (Lipinski definition) is 2. The Morgan fingerprint density at radius 1 is 1.14 bits per heavy atom. The maximum Gasteiger partial charge on any atom is 0.0320 e. The first-order valence-electron chi connectivity index (χ1n) is 8.78. The molecule has 0 radical (unpaired) electrons. The number of rotatable bonds is 7. The number of unbranched alkanes of at least 4 members (excludes halogenated alkanes) is 1. The van der Waals surface area contributed by atoms with Gasteiger partial charge in [0.15, 0.2) is 0 Å². The quantitative estimate of drug-likeness (QED) is 0.804. The number of aryl methyl sites for hydroxylation is 1. The first kappa shape index (κ1) is 16.5. The standard InChI is InChI=1S/C19H32N2/c1-4-6-13-21-14-11-18(12-15-21)20-19(5-2)17-9-7-16(3)8-10-17/h7-10,18-20H,4-6,11-15H2,1-3H3. The normalized spacial score (nSPS) is 18.8. The van der Waals surface area contributed by atoms with Crippen molar-refractivity contribution in [3.8, 4) is 0 Å². The van der Waals surface area contributed by atoms with Crippen LogP contribution in [0.15, 0.2) is 24.3 Å². The van der Waals surface area contributed by atoms with Crippen LogP contribution in [0.3, 0.4) is 0 Å². The number of hydrogen-bond donors (Lipinski definition) is 1. The summed E-state index contributed by atoms with van der Waals surface area (Å²) < 4.78 is 0. The largest absolute Gasteiger partial charge is 0.307 e. The second-order valence-corrected chi connectivity index (χ2v) is 6.51. The summed E-state index contributed by atoms with van der Waals surface area (Å²) in [4.78, 5) is 2.63. The van der Waals surface area contributed by atoms with Crippen molar-refractivity contribution in [3.05, 3.63) is 35.4 Å². The SMILES string of the molecule is CCCCN1CCC(NC(CC)c2ccc(C)cc2)CC1. The molecule has 1 N–H and O–H groups in total. The molecule has 1 aliphatic rings. The number of nitrogens with zero attached hydrogens (tertiary/aromatic N) is 1. The highest BCUT2D eigenvalue weighted by atomic mass is 15.1. The van der Waals surface area contributed by atoms with Gasteiger partial charge in [0.05, 0.1) is 0 Å². The lowest BCUT2D eigenvalue weighted by atomic mass is 9.98. The lowest BCUT2D eigenvalue weighted by Gasteiger charge is -2.34. The van der Waals surface area contributed by atoms with E-state index in [0.717, 1.165) is 0 Å². The second kappa shape index (κ2) is 8.55. The van der Waals surface area contributed by atoms with Gasteiger partial charge < -0.3 is 10.2 Å². The van der Waals surface area contributed by atoms with Gasteiger partial charge in [-0.05, 0) is 57.8 Å². The maximum atomic E-state index is 3.89. The maximum absolute atomic E-state index is 3.89. The summed E-state index contributed by atoms with van der Waals surface area (Å²) in [7, 11) is 0.